The van der Waals surface area contributed by atoms with Crippen LogP contribution in [0.5, 0.6) is 11.5 Å². The topological polar surface area (TPSA) is 147 Å². The minimum Gasteiger partial charge on any atom is -0.505 e. The number of ether oxygens (including phenoxy) is 1. The summed E-state index contributed by atoms with van der Waals surface area (Å²) < 4.78 is 4.33. The quantitative estimate of drug-likeness (QED) is 0.400. The molecule has 0 spiro atoms. The number of nitro benzene ring substituents is 1. The Bertz CT molecular complexity index is 869. The molecule has 0 unspecified atom stereocenters. The number of carboxylic acid groups (broad SMARTS) is 1. The van der Waals surface area contributed by atoms with E-state index in [-0.39, 0.29) is 26.9 Å². The Morgan fingerprint density at radius 1 is 1.08 bits per heavy atom. The average molecular weight is 404 g/mol. The van der Waals surface area contributed by atoms with Crippen molar-refractivity contribution in [3.63, 3.8) is 0 Å². The van der Waals surface area contributed by atoms with Crippen molar-refractivity contribution >= 4 is 40.8 Å². The molecular formula is C15H11Cl2NO8. The third kappa shape index (κ3) is 4.98. The Morgan fingerprint density at radius 3 is 2.12 bits per heavy atom. The maximum atomic E-state index is 11.1. The molecule has 0 aliphatic heterocycles. The standard InChI is InChI=1S/C8H6ClNO5.C7H5ClO3/c1-15-8(12)5-2-4(10(13)14)3-6(9)7(5)11;8-5-3-1-2-4(6(5)9)7(10)11/h2-3,11H,1H3;1-3,9H,(H,10,11). The molecule has 0 atom stereocenters. The molecule has 2 rings (SSSR count). The van der Waals surface area contributed by atoms with Gasteiger partial charge >= 0.3 is 11.9 Å². The molecule has 0 radical (unpaired) electrons. The van der Waals surface area contributed by atoms with Crippen LogP contribution in [-0.4, -0.2) is 39.3 Å². The molecule has 2 aromatic carbocycles. The van der Waals surface area contributed by atoms with Crippen molar-refractivity contribution in [3.05, 3.63) is 61.6 Å². The maximum Gasteiger partial charge on any atom is 0.341 e. The number of hydrogen-bond donors (Lipinski definition) is 3. The van der Waals surface area contributed by atoms with Gasteiger partial charge in [-0.2, -0.15) is 0 Å². The summed E-state index contributed by atoms with van der Waals surface area (Å²) in [6, 6.07) is 6.01. The molecule has 0 saturated carbocycles. The number of esters is 1. The van der Waals surface area contributed by atoms with Crippen LogP contribution in [0.4, 0.5) is 5.69 Å². The van der Waals surface area contributed by atoms with Gasteiger partial charge in [0.25, 0.3) is 5.69 Å². The first-order valence-corrected chi connectivity index (χ1v) is 7.31. The molecule has 0 fully saturated rings. The van der Waals surface area contributed by atoms with E-state index in [0.29, 0.717) is 0 Å². The van der Waals surface area contributed by atoms with Gasteiger partial charge < -0.3 is 20.1 Å². The van der Waals surface area contributed by atoms with Crippen molar-refractivity contribution in [2.45, 2.75) is 0 Å². The highest BCUT2D eigenvalue weighted by Gasteiger charge is 2.20. The number of aromatic hydroxyl groups is 2. The van der Waals surface area contributed by atoms with E-state index in [9.17, 15) is 24.8 Å². The van der Waals surface area contributed by atoms with E-state index in [0.717, 1.165) is 19.2 Å². The van der Waals surface area contributed by atoms with E-state index in [1.54, 1.807) is 0 Å². The summed E-state index contributed by atoms with van der Waals surface area (Å²) in [7, 11) is 1.09. The number of carbonyl (C=O) groups excluding carboxylic acids is 1. The van der Waals surface area contributed by atoms with Gasteiger partial charge in [0, 0.05) is 12.1 Å². The summed E-state index contributed by atoms with van der Waals surface area (Å²) in [5.41, 5.74) is -0.910. The number of phenolic OH excluding ortho intramolecular Hbond substituents is 1. The molecule has 11 heteroatoms. The number of rotatable bonds is 3. The van der Waals surface area contributed by atoms with Crippen LogP contribution in [0.2, 0.25) is 10.0 Å². The van der Waals surface area contributed by atoms with Gasteiger partial charge in [0.15, 0.2) is 0 Å². The van der Waals surface area contributed by atoms with E-state index in [4.69, 9.17) is 33.4 Å². The normalized spacial score (nSPS) is 9.65. The van der Waals surface area contributed by atoms with Crippen LogP contribution < -0.4 is 0 Å². The number of aromatic carboxylic acids is 1. The van der Waals surface area contributed by atoms with Gasteiger partial charge in [-0.3, -0.25) is 10.1 Å². The van der Waals surface area contributed by atoms with Crippen LogP contribution in [0.25, 0.3) is 0 Å². The summed E-state index contributed by atoms with van der Waals surface area (Å²) >= 11 is 10.9. The van der Waals surface area contributed by atoms with Crippen molar-refractivity contribution in [1.82, 2.24) is 0 Å². The monoisotopic (exact) mass is 403 g/mol. The number of carbonyl (C=O) groups is 2. The van der Waals surface area contributed by atoms with Crippen LogP contribution in [0.3, 0.4) is 0 Å². The summed E-state index contributed by atoms with van der Waals surface area (Å²) in [5, 5.41) is 37.1. The van der Waals surface area contributed by atoms with Gasteiger partial charge in [-0.15, -0.1) is 0 Å². The first kappa shape index (κ1) is 21.0. The molecule has 9 nitrogen and oxygen atoms in total. The Hall–Kier alpha value is -3.04. The molecule has 0 aliphatic rings. The van der Waals surface area contributed by atoms with E-state index in [1.807, 2.05) is 0 Å². The van der Waals surface area contributed by atoms with Gasteiger partial charge in [-0.05, 0) is 12.1 Å². The van der Waals surface area contributed by atoms with Crippen LogP contribution >= 0.6 is 23.2 Å². The predicted octanol–water partition coefficient (Wildman–Crippen LogP) is 3.48. The number of halogens is 2. The highest BCUT2D eigenvalue weighted by molar-refractivity contribution is 6.33. The first-order chi connectivity index (χ1) is 12.1. The van der Waals surface area contributed by atoms with Crippen molar-refractivity contribution in [3.8, 4) is 11.5 Å². The molecule has 2 aromatic rings. The van der Waals surface area contributed by atoms with E-state index in [1.165, 1.54) is 18.2 Å². The maximum absolute atomic E-state index is 11.1. The second kappa shape index (κ2) is 8.88. The lowest BCUT2D eigenvalue weighted by molar-refractivity contribution is -0.384. The summed E-state index contributed by atoms with van der Waals surface area (Å²) in [6.07, 6.45) is 0. The largest absolute Gasteiger partial charge is 0.505 e. The predicted molar refractivity (Wildman–Crippen MR) is 91.2 cm³/mol. The zero-order valence-electron chi connectivity index (χ0n) is 13.0. The minimum atomic E-state index is -1.19. The van der Waals surface area contributed by atoms with Crippen molar-refractivity contribution < 1.29 is 34.6 Å². The van der Waals surface area contributed by atoms with Crippen molar-refractivity contribution in [2.75, 3.05) is 7.11 Å². The molecule has 0 aliphatic carbocycles. The fourth-order valence-corrected chi connectivity index (χ4v) is 2.03. The van der Waals surface area contributed by atoms with Crippen LogP contribution in [0, 0.1) is 10.1 Å². The molecule has 26 heavy (non-hydrogen) atoms. The number of hydrogen-bond acceptors (Lipinski definition) is 7. The number of benzene rings is 2. The Kier molecular flexibility index (Phi) is 7.17. The second-order valence-corrected chi connectivity index (χ2v) is 5.33. The summed E-state index contributed by atoms with van der Waals surface area (Å²) in [6.45, 7) is 0. The second-order valence-electron chi connectivity index (χ2n) is 4.51. The number of methoxy groups -OCH3 is 1. The number of carboxylic acids is 1. The summed E-state index contributed by atoms with van der Waals surface area (Å²) in [4.78, 5) is 31.2. The lowest BCUT2D eigenvalue weighted by atomic mass is 10.2. The fraction of sp³-hybridized carbons (Fsp3) is 0.0667. The van der Waals surface area contributed by atoms with Crippen LogP contribution in [-0.2, 0) is 4.74 Å². The van der Waals surface area contributed by atoms with Gasteiger partial charge in [0.1, 0.15) is 22.6 Å². The number of non-ortho nitro benzene ring substituents is 1. The molecular weight excluding hydrogens is 393 g/mol. The number of para-hydroxylation sites is 1. The smallest absolute Gasteiger partial charge is 0.341 e. The van der Waals surface area contributed by atoms with E-state index in [2.05, 4.69) is 4.74 Å². The number of phenols is 2. The summed E-state index contributed by atoms with van der Waals surface area (Å²) in [5.74, 6) is -3.00. The van der Waals surface area contributed by atoms with Gasteiger partial charge in [0.2, 0.25) is 0 Å². The van der Waals surface area contributed by atoms with Gasteiger partial charge in [-0.25, -0.2) is 9.59 Å². The van der Waals surface area contributed by atoms with Gasteiger partial charge in [-0.1, -0.05) is 29.3 Å². The number of nitrogens with zero attached hydrogens (tertiary/aromatic N) is 1. The van der Waals surface area contributed by atoms with Crippen molar-refractivity contribution in [1.29, 1.82) is 0 Å². The van der Waals surface area contributed by atoms with Gasteiger partial charge in [0.05, 0.1) is 22.1 Å². The molecule has 0 aromatic heterocycles. The molecule has 3 N–H and O–H groups in total. The Morgan fingerprint density at radius 2 is 1.65 bits per heavy atom. The first-order valence-electron chi connectivity index (χ1n) is 6.56. The van der Waals surface area contributed by atoms with Crippen molar-refractivity contribution in [2.24, 2.45) is 0 Å². The zero-order valence-corrected chi connectivity index (χ0v) is 14.5. The number of nitro groups is 1. The minimum absolute atomic E-state index is 0.0462. The van der Waals surface area contributed by atoms with E-state index < -0.39 is 28.3 Å². The molecule has 0 heterocycles. The van der Waals surface area contributed by atoms with E-state index >= 15 is 0 Å². The molecule has 0 amide bonds. The van der Waals surface area contributed by atoms with Crippen LogP contribution in [0.15, 0.2) is 30.3 Å². The lowest BCUT2D eigenvalue weighted by Crippen LogP contribution is -2.03. The highest BCUT2D eigenvalue weighted by atomic mass is 35.5. The Labute approximate surface area is 156 Å². The molecule has 138 valence electrons. The SMILES string of the molecule is COC(=O)c1cc([N+](=O)[O-])cc(Cl)c1O.O=C(O)c1cccc(Cl)c1O. The third-order valence-electron chi connectivity index (χ3n) is 2.88. The molecule has 0 saturated heterocycles. The lowest BCUT2D eigenvalue weighted by Gasteiger charge is -2.03. The average Bonchev–Trinajstić information content (AvgIpc) is 2.59. The molecule has 0 bridgehead atoms. The Balaban J connectivity index is 0.000000273. The highest BCUT2D eigenvalue weighted by Crippen LogP contribution is 2.32. The van der Waals surface area contributed by atoms with Crippen LogP contribution in [0.1, 0.15) is 20.7 Å². The zero-order chi connectivity index (χ0) is 20.0. The fourth-order valence-electron chi connectivity index (χ4n) is 1.64. The third-order valence-corrected chi connectivity index (χ3v) is 3.47.